The fourth-order valence-corrected chi connectivity index (χ4v) is 4.13. The van der Waals surface area contributed by atoms with Crippen LogP contribution in [0.3, 0.4) is 0 Å². The molecule has 0 atom stereocenters. The molecule has 0 radical (unpaired) electrons. The summed E-state index contributed by atoms with van der Waals surface area (Å²) >= 11 is 6.72. The van der Waals surface area contributed by atoms with Gasteiger partial charge in [0.2, 0.25) is 0 Å². The summed E-state index contributed by atoms with van der Waals surface area (Å²) in [6.07, 6.45) is 2.84. The Morgan fingerprint density at radius 3 is 2.45 bits per heavy atom. The van der Waals surface area contributed by atoms with Crippen molar-refractivity contribution in [3.05, 3.63) is 79.2 Å². The third kappa shape index (κ3) is 4.72. The molecule has 1 aliphatic heterocycles. The number of nitro groups is 1. The van der Waals surface area contributed by atoms with Crippen molar-refractivity contribution in [2.45, 2.75) is 0 Å². The Morgan fingerprint density at radius 2 is 1.84 bits per heavy atom. The molecule has 0 aromatic heterocycles. The maximum atomic E-state index is 13.0. The highest BCUT2D eigenvalue weighted by molar-refractivity contribution is 9.11. The van der Waals surface area contributed by atoms with Gasteiger partial charge in [0, 0.05) is 22.2 Å². The van der Waals surface area contributed by atoms with Gasteiger partial charge < -0.3 is 4.74 Å². The van der Waals surface area contributed by atoms with E-state index in [4.69, 9.17) is 4.74 Å². The second-order valence-electron chi connectivity index (χ2n) is 6.14. The molecule has 158 valence electrons. The number of non-ortho nitro benzene ring substituents is 1. The van der Waals surface area contributed by atoms with Crippen LogP contribution < -0.4 is 15.0 Å². The molecule has 2 aromatic rings. The zero-order chi connectivity index (χ0) is 22.7. The summed E-state index contributed by atoms with van der Waals surface area (Å²) in [5.74, 6) is -1.39. The Labute approximate surface area is 192 Å². The number of nitro benzene ring substituents is 1. The number of benzene rings is 2. The Hall–Kier alpha value is -3.31. The van der Waals surface area contributed by atoms with Gasteiger partial charge in [-0.1, -0.05) is 28.6 Å². The average Bonchev–Trinajstić information content (AvgIpc) is 2.70. The van der Waals surface area contributed by atoms with Crippen LogP contribution in [0.5, 0.6) is 5.75 Å². The van der Waals surface area contributed by atoms with Gasteiger partial charge >= 0.3 is 6.03 Å². The fraction of sp³-hybridized carbons (Fsp3) is 0.0500. The summed E-state index contributed by atoms with van der Waals surface area (Å²) in [6, 6.07) is 7.22. The summed E-state index contributed by atoms with van der Waals surface area (Å²) < 4.78 is 6.86. The quantitative estimate of drug-likeness (QED) is 0.188. The van der Waals surface area contributed by atoms with Crippen molar-refractivity contribution < 1.29 is 24.0 Å². The second kappa shape index (κ2) is 9.23. The van der Waals surface area contributed by atoms with E-state index in [1.165, 1.54) is 18.2 Å². The smallest absolute Gasteiger partial charge is 0.335 e. The van der Waals surface area contributed by atoms with Gasteiger partial charge in [0.05, 0.1) is 15.1 Å². The molecule has 31 heavy (non-hydrogen) atoms. The molecule has 0 aliphatic carbocycles. The first-order chi connectivity index (χ1) is 14.7. The zero-order valence-corrected chi connectivity index (χ0v) is 18.8. The third-order valence-corrected chi connectivity index (χ3v) is 5.15. The van der Waals surface area contributed by atoms with E-state index in [0.29, 0.717) is 20.3 Å². The summed E-state index contributed by atoms with van der Waals surface area (Å²) in [6.45, 7) is 3.78. The van der Waals surface area contributed by atoms with Crippen molar-refractivity contribution in [2.24, 2.45) is 0 Å². The van der Waals surface area contributed by atoms with Gasteiger partial charge in [0.25, 0.3) is 17.5 Å². The average molecular weight is 551 g/mol. The first-order valence-corrected chi connectivity index (χ1v) is 10.2. The second-order valence-corrected chi connectivity index (χ2v) is 7.91. The van der Waals surface area contributed by atoms with Gasteiger partial charge in [-0.25, -0.2) is 9.69 Å². The third-order valence-electron chi connectivity index (χ3n) is 4.10. The number of hydrogen-bond donors (Lipinski definition) is 1. The minimum atomic E-state index is -0.959. The number of amides is 4. The maximum absolute atomic E-state index is 13.0. The normalized spacial score (nSPS) is 15.1. The van der Waals surface area contributed by atoms with Crippen LogP contribution in [-0.2, 0) is 9.59 Å². The molecule has 11 heteroatoms. The van der Waals surface area contributed by atoms with E-state index in [-0.39, 0.29) is 23.6 Å². The van der Waals surface area contributed by atoms with Crippen molar-refractivity contribution in [3.8, 4) is 5.75 Å². The summed E-state index contributed by atoms with van der Waals surface area (Å²) in [7, 11) is 0. The van der Waals surface area contributed by atoms with Crippen molar-refractivity contribution in [3.63, 3.8) is 0 Å². The molecule has 0 spiro atoms. The Balaban J connectivity index is 2.05. The Kier molecular flexibility index (Phi) is 6.66. The van der Waals surface area contributed by atoms with Crippen LogP contribution in [0.1, 0.15) is 5.56 Å². The molecule has 1 fully saturated rings. The molecule has 9 nitrogen and oxygen atoms in total. The van der Waals surface area contributed by atoms with Crippen LogP contribution in [0.2, 0.25) is 0 Å². The monoisotopic (exact) mass is 549 g/mol. The molecule has 3 rings (SSSR count). The van der Waals surface area contributed by atoms with E-state index in [1.54, 1.807) is 18.2 Å². The molecule has 0 bridgehead atoms. The lowest BCUT2D eigenvalue weighted by molar-refractivity contribution is -0.384. The van der Waals surface area contributed by atoms with Crippen molar-refractivity contribution in [1.82, 2.24) is 5.32 Å². The van der Waals surface area contributed by atoms with Crippen molar-refractivity contribution in [2.75, 3.05) is 11.5 Å². The van der Waals surface area contributed by atoms with Crippen LogP contribution in [0.4, 0.5) is 16.2 Å². The number of carbonyl (C=O) groups excluding carboxylic acids is 3. The van der Waals surface area contributed by atoms with Gasteiger partial charge in [-0.3, -0.25) is 25.0 Å². The number of imide groups is 2. The van der Waals surface area contributed by atoms with E-state index >= 15 is 0 Å². The van der Waals surface area contributed by atoms with Crippen molar-refractivity contribution in [1.29, 1.82) is 0 Å². The predicted octanol–water partition coefficient (Wildman–Crippen LogP) is 4.35. The lowest BCUT2D eigenvalue weighted by Crippen LogP contribution is -2.54. The standard InChI is InChI=1S/C20H13Br2N3O6/c1-2-7-31-17-11(8-12(21)10-16(17)22)9-15-18(26)23-20(28)24(19(15)27)13-3-5-14(6-4-13)25(29)30/h2-6,8-10H,1,7H2,(H,23,26,28)/b15-9+. The molecular weight excluding hydrogens is 538 g/mol. The number of urea groups is 1. The number of halogens is 2. The summed E-state index contributed by atoms with van der Waals surface area (Å²) in [5, 5.41) is 12.9. The highest BCUT2D eigenvalue weighted by Crippen LogP contribution is 2.35. The van der Waals surface area contributed by atoms with E-state index in [9.17, 15) is 24.5 Å². The van der Waals surface area contributed by atoms with Gasteiger partial charge in [0.15, 0.2) is 0 Å². The van der Waals surface area contributed by atoms with Gasteiger partial charge in [0.1, 0.15) is 17.9 Å². The van der Waals surface area contributed by atoms with E-state index in [0.717, 1.165) is 17.0 Å². The van der Waals surface area contributed by atoms with Crippen LogP contribution in [0.25, 0.3) is 6.08 Å². The minimum absolute atomic E-state index is 0.0741. The summed E-state index contributed by atoms with van der Waals surface area (Å²) in [5.41, 5.74) is -0.0421. The lowest BCUT2D eigenvalue weighted by atomic mass is 10.1. The number of barbiturate groups is 1. The number of nitrogens with zero attached hydrogens (tertiary/aromatic N) is 2. The molecule has 1 N–H and O–H groups in total. The molecule has 1 saturated heterocycles. The molecule has 0 saturated carbocycles. The Bertz CT molecular complexity index is 1140. The highest BCUT2D eigenvalue weighted by Gasteiger charge is 2.37. The fourth-order valence-electron chi connectivity index (χ4n) is 2.75. The highest BCUT2D eigenvalue weighted by atomic mass is 79.9. The first kappa shape index (κ1) is 22.4. The molecule has 4 amide bonds. The SMILES string of the molecule is C=CCOc1c(Br)cc(Br)cc1/C=C1\C(=O)NC(=O)N(c2ccc([N+](=O)[O-])cc2)C1=O. The Morgan fingerprint density at radius 1 is 1.16 bits per heavy atom. The number of carbonyl (C=O) groups is 3. The number of ether oxygens (including phenoxy) is 1. The largest absolute Gasteiger partial charge is 0.488 e. The first-order valence-electron chi connectivity index (χ1n) is 8.61. The topological polar surface area (TPSA) is 119 Å². The number of nitrogens with one attached hydrogen (secondary N) is 1. The lowest BCUT2D eigenvalue weighted by Gasteiger charge is -2.26. The van der Waals surface area contributed by atoms with Crippen LogP contribution in [0, 0.1) is 10.1 Å². The van der Waals surface area contributed by atoms with E-state index < -0.39 is 22.8 Å². The number of hydrogen-bond acceptors (Lipinski definition) is 6. The van der Waals surface area contributed by atoms with Crippen LogP contribution in [-0.4, -0.2) is 29.4 Å². The van der Waals surface area contributed by atoms with Crippen molar-refractivity contribution >= 4 is 67.2 Å². The molecule has 0 unspecified atom stereocenters. The van der Waals surface area contributed by atoms with Crippen LogP contribution >= 0.6 is 31.9 Å². The number of rotatable bonds is 6. The van der Waals surface area contributed by atoms with Gasteiger partial charge in [-0.05, 0) is 46.3 Å². The zero-order valence-electron chi connectivity index (χ0n) is 15.6. The molecule has 1 heterocycles. The molecule has 2 aromatic carbocycles. The van der Waals surface area contributed by atoms with E-state index in [2.05, 4.69) is 43.8 Å². The van der Waals surface area contributed by atoms with Gasteiger partial charge in [-0.2, -0.15) is 0 Å². The van der Waals surface area contributed by atoms with Crippen LogP contribution in [0.15, 0.2) is 63.6 Å². The number of anilines is 1. The minimum Gasteiger partial charge on any atom is -0.488 e. The predicted molar refractivity (Wildman–Crippen MR) is 120 cm³/mol. The molecule has 1 aliphatic rings. The van der Waals surface area contributed by atoms with E-state index in [1.807, 2.05) is 0 Å². The molecular formula is C20H13Br2N3O6. The summed E-state index contributed by atoms with van der Waals surface area (Å²) in [4.78, 5) is 48.7. The van der Waals surface area contributed by atoms with Gasteiger partial charge in [-0.15, -0.1) is 0 Å². The maximum Gasteiger partial charge on any atom is 0.335 e.